The van der Waals surface area contributed by atoms with Crippen LogP contribution in [0.5, 0.6) is 0 Å². The van der Waals surface area contributed by atoms with E-state index in [0.29, 0.717) is 6.04 Å². The molecule has 0 saturated carbocycles. The van der Waals surface area contributed by atoms with E-state index in [4.69, 9.17) is 16.7 Å². The molecule has 3 nitrogen and oxygen atoms in total. The Kier molecular flexibility index (Phi) is 3.59. The minimum atomic E-state index is 0.500. The standard InChI is InChI=1S/C15H15ClN2.CH4O/c1-17-5-2-3-12-13-8-11(16)7-10-4-6-18(15(10)13)9-14(12)17;1-2/h3-4,6-8,14H,2,5,9H2,1H3;2H,1H3. The summed E-state index contributed by atoms with van der Waals surface area (Å²) in [6, 6.07) is 6.85. The molecule has 1 unspecified atom stereocenters. The molecule has 0 aliphatic carbocycles. The van der Waals surface area contributed by atoms with Crippen LogP contribution in [-0.2, 0) is 6.54 Å². The van der Waals surface area contributed by atoms with E-state index >= 15 is 0 Å². The van der Waals surface area contributed by atoms with Gasteiger partial charge in [-0.2, -0.15) is 0 Å². The van der Waals surface area contributed by atoms with E-state index in [1.165, 1.54) is 22.0 Å². The number of likely N-dealkylation sites (N-methyl/N-ethyl adjacent to an activating group) is 1. The van der Waals surface area contributed by atoms with Gasteiger partial charge < -0.3 is 9.67 Å². The Balaban J connectivity index is 0.000000581. The molecule has 0 fully saturated rings. The van der Waals surface area contributed by atoms with Crippen LogP contribution in [-0.4, -0.2) is 41.3 Å². The van der Waals surface area contributed by atoms with Crippen LogP contribution in [0.25, 0.3) is 16.5 Å². The molecule has 4 rings (SSSR count). The third kappa shape index (κ3) is 1.97. The van der Waals surface area contributed by atoms with Crippen molar-refractivity contribution in [3.63, 3.8) is 0 Å². The van der Waals surface area contributed by atoms with Crippen molar-refractivity contribution in [2.45, 2.75) is 19.0 Å². The summed E-state index contributed by atoms with van der Waals surface area (Å²) in [6.07, 6.45) is 5.72. The maximum absolute atomic E-state index is 7.00. The second-order valence-electron chi connectivity index (χ2n) is 5.30. The molecule has 0 radical (unpaired) electrons. The van der Waals surface area contributed by atoms with Gasteiger partial charge in [0, 0.05) is 42.4 Å². The minimum absolute atomic E-state index is 0.500. The van der Waals surface area contributed by atoms with Crippen LogP contribution in [0.15, 0.2) is 30.5 Å². The zero-order valence-corrected chi connectivity index (χ0v) is 12.6. The Morgan fingerprint density at radius 2 is 2.10 bits per heavy atom. The van der Waals surface area contributed by atoms with Gasteiger partial charge >= 0.3 is 0 Å². The average Bonchev–Trinajstić information content (AvgIpc) is 2.86. The highest BCUT2D eigenvalue weighted by Crippen LogP contribution is 2.38. The van der Waals surface area contributed by atoms with Gasteiger partial charge in [-0.05, 0) is 37.2 Å². The first-order valence-electron chi connectivity index (χ1n) is 6.88. The molecule has 1 N–H and O–H groups in total. The quantitative estimate of drug-likeness (QED) is 0.808. The molecular weight excluding hydrogens is 272 g/mol. The van der Waals surface area contributed by atoms with Crippen molar-refractivity contribution in [3.05, 3.63) is 41.1 Å². The Hall–Kier alpha value is -1.29. The number of nitrogens with zero attached hydrogens (tertiary/aromatic N) is 2. The summed E-state index contributed by atoms with van der Waals surface area (Å²) in [7, 11) is 3.22. The largest absolute Gasteiger partial charge is 0.400 e. The molecule has 2 aromatic rings. The van der Waals surface area contributed by atoms with Crippen LogP contribution < -0.4 is 0 Å². The summed E-state index contributed by atoms with van der Waals surface area (Å²) in [5.41, 5.74) is 4.13. The predicted molar refractivity (Wildman–Crippen MR) is 84.1 cm³/mol. The van der Waals surface area contributed by atoms with Crippen LogP contribution in [0.1, 0.15) is 12.0 Å². The fraction of sp³-hybridized carbons (Fsp3) is 0.375. The number of aromatic nitrogens is 1. The highest BCUT2D eigenvalue weighted by molar-refractivity contribution is 6.31. The molecule has 4 heteroatoms. The molecule has 20 heavy (non-hydrogen) atoms. The van der Waals surface area contributed by atoms with E-state index in [0.717, 1.165) is 31.6 Å². The summed E-state index contributed by atoms with van der Waals surface area (Å²) in [6.45, 7) is 2.20. The number of fused-ring (bicyclic) bond motifs is 2. The van der Waals surface area contributed by atoms with Crippen LogP contribution in [0.3, 0.4) is 0 Å². The Morgan fingerprint density at radius 3 is 2.90 bits per heavy atom. The first-order valence-corrected chi connectivity index (χ1v) is 7.25. The Bertz CT molecular complexity index is 674. The highest BCUT2D eigenvalue weighted by atomic mass is 35.5. The van der Waals surface area contributed by atoms with Gasteiger partial charge in [0.25, 0.3) is 0 Å². The highest BCUT2D eigenvalue weighted by Gasteiger charge is 2.30. The maximum Gasteiger partial charge on any atom is 0.0558 e. The second kappa shape index (κ2) is 5.24. The SMILES string of the molecule is CN1CCC=C2c3cc(Cl)cc4ccn(c34)CC21.CO. The van der Waals surface area contributed by atoms with Crippen LogP contribution >= 0.6 is 11.6 Å². The van der Waals surface area contributed by atoms with Gasteiger partial charge in [-0.1, -0.05) is 17.7 Å². The van der Waals surface area contributed by atoms with Gasteiger partial charge in [0.1, 0.15) is 0 Å². The molecule has 1 atom stereocenters. The number of hydrogen-bond donors (Lipinski definition) is 1. The third-order valence-electron chi connectivity index (χ3n) is 4.24. The zero-order chi connectivity index (χ0) is 14.3. The molecule has 0 spiro atoms. The first kappa shape index (κ1) is 13.7. The molecular formula is C16H19ClN2O. The van der Waals surface area contributed by atoms with E-state index in [-0.39, 0.29) is 0 Å². The lowest BCUT2D eigenvalue weighted by Crippen LogP contribution is -2.41. The number of aliphatic hydroxyl groups excluding tert-OH is 1. The van der Waals surface area contributed by atoms with Crippen molar-refractivity contribution in [3.8, 4) is 0 Å². The number of aliphatic hydroxyl groups is 1. The summed E-state index contributed by atoms with van der Waals surface area (Å²) >= 11 is 6.25. The molecule has 2 aliphatic rings. The molecule has 106 valence electrons. The van der Waals surface area contributed by atoms with E-state index in [2.05, 4.69) is 47.0 Å². The average molecular weight is 291 g/mol. The van der Waals surface area contributed by atoms with Gasteiger partial charge in [0.2, 0.25) is 0 Å². The lowest BCUT2D eigenvalue weighted by Gasteiger charge is -2.37. The van der Waals surface area contributed by atoms with Gasteiger partial charge in [-0.25, -0.2) is 0 Å². The molecule has 0 amide bonds. The van der Waals surface area contributed by atoms with E-state index in [1.807, 2.05) is 0 Å². The predicted octanol–water partition coefficient (Wildman–Crippen LogP) is 3.00. The lowest BCUT2D eigenvalue weighted by atomic mass is 9.89. The summed E-state index contributed by atoms with van der Waals surface area (Å²) in [5.74, 6) is 0. The lowest BCUT2D eigenvalue weighted by molar-refractivity contribution is 0.260. The van der Waals surface area contributed by atoms with Gasteiger partial charge in [0.15, 0.2) is 0 Å². The van der Waals surface area contributed by atoms with E-state index in [9.17, 15) is 0 Å². The summed E-state index contributed by atoms with van der Waals surface area (Å²) < 4.78 is 2.37. The Morgan fingerprint density at radius 1 is 1.30 bits per heavy atom. The fourth-order valence-electron chi connectivity index (χ4n) is 3.35. The van der Waals surface area contributed by atoms with Crippen molar-refractivity contribution < 1.29 is 5.11 Å². The Labute approximate surface area is 124 Å². The topological polar surface area (TPSA) is 28.4 Å². The second-order valence-corrected chi connectivity index (χ2v) is 5.74. The number of hydrogen-bond acceptors (Lipinski definition) is 2. The zero-order valence-electron chi connectivity index (χ0n) is 11.8. The van der Waals surface area contributed by atoms with Gasteiger partial charge in [0.05, 0.1) is 11.6 Å². The molecule has 0 bridgehead atoms. The smallest absolute Gasteiger partial charge is 0.0558 e. The first-order chi connectivity index (χ1) is 9.74. The number of benzene rings is 1. The fourth-order valence-corrected chi connectivity index (χ4v) is 3.58. The van der Waals surface area contributed by atoms with Crippen molar-refractivity contribution in [1.29, 1.82) is 0 Å². The molecule has 3 heterocycles. The van der Waals surface area contributed by atoms with E-state index < -0.39 is 0 Å². The minimum Gasteiger partial charge on any atom is -0.400 e. The van der Waals surface area contributed by atoms with Crippen molar-refractivity contribution in [1.82, 2.24) is 9.47 Å². The van der Waals surface area contributed by atoms with Crippen molar-refractivity contribution >= 4 is 28.1 Å². The van der Waals surface area contributed by atoms with Gasteiger partial charge in [-0.15, -0.1) is 0 Å². The van der Waals surface area contributed by atoms with Crippen LogP contribution in [0, 0.1) is 0 Å². The normalized spacial score (nSPS) is 21.0. The maximum atomic E-state index is 7.00. The molecule has 0 saturated heterocycles. The van der Waals surface area contributed by atoms with Crippen LogP contribution in [0.4, 0.5) is 0 Å². The molecule has 1 aromatic heterocycles. The van der Waals surface area contributed by atoms with E-state index in [1.54, 1.807) is 0 Å². The number of rotatable bonds is 0. The third-order valence-corrected chi connectivity index (χ3v) is 4.46. The summed E-state index contributed by atoms with van der Waals surface area (Å²) in [5, 5.41) is 9.09. The van der Waals surface area contributed by atoms with Gasteiger partial charge in [-0.3, -0.25) is 4.90 Å². The van der Waals surface area contributed by atoms with Crippen molar-refractivity contribution in [2.24, 2.45) is 0 Å². The monoisotopic (exact) mass is 290 g/mol. The number of halogens is 1. The summed E-state index contributed by atoms with van der Waals surface area (Å²) in [4.78, 5) is 2.45. The van der Waals surface area contributed by atoms with Crippen LogP contribution in [0.2, 0.25) is 5.02 Å². The van der Waals surface area contributed by atoms with Crippen molar-refractivity contribution in [2.75, 3.05) is 20.7 Å². The molecule has 1 aromatic carbocycles. The molecule has 2 aliphatic heterocycles.